The smallest absolute Gasteiger partial charge is 0.308 e. The molecule has 1 N–H and O–H groups in total. The topological polar surface area (TPSA) is 57.6 Å². The summed E-state index contributed by atoms with van der Waals surface area (Å²) < 4.78 is 0. The highest BCUT2D eigenvalue weighted by molar-refractivity contribution is 5.84. The number of hydrogen-bond acceptors (Lipinski definition) is 2. The quantitative estimate of drug-likeness (QED) is 0.906. The highest BCUT2D eigenvalue weighted by Crippen LogP contribution is 2.22. The summed E-state index contributed by atoms with van der Waals surface area (Å²) in [5.41, 5.74) is 0.977. The fraction of sp³-hybridized carbons (Fsp3) is 0.467. The van der Waals surface area contributed by atoms with E-state index >= 15 is 0 Å². The van der Waals surface area contributed by atoms with Crippen LogP contribution >= 0.6 is 0 Å². The molecule has 1 saturated heterocycles. The number of rotatable bonds is 3. The highest BCUT2D eigenvalue weighted by Gasteiger charge is 2.30. The van der Waals surface area contributed by atoms with Crippen molar-refractivity contribution in [1.29, 1.82) is 0 Å². The van der Waals surface area contributed by atoms with Crippen molar-refractivity contribution in [3.05, 3.63) is 35.9 Å². The lowest BCUT2D eigenvalue weighted by molar-refractivity contribution is -0.146. The van der Waals surface area contributed by atoms with Gasteiger partial charge in [0, 0.05) is 13.1 Å². The SMILES string of the molecule is CC(C(=O)N1CCCC(C(=O)O)C1)c1ccccc1. The molecule has 1 aliphatic heterocycles. The first-order chi connectivity index (χ1) is 9.09. The Labute approximate surface area is 113 Å². The molecule has 19 heavy (non-hydrogen) atoms. The van der Waals surface area contributed by atoms with Gasteiger partial charge in [0.15, 0.2) is 0 Å². The molecule has 0 aromatic heterocycles. The molecule has 1 heterocycles. The minimum absolute atomic E-state index is 0.0251. The lowest BCUT2D eigenvalue weighted by Gasteiger charge is -2.32. The van der Waals surface area contributed by atoms with Crippen molar-refractivity contribution in [1.82, 2.24) is 4.90 Å². The number of carboxylic acids is 1. The van der Waals surface area contributed by atoms with Crippen LogP contribution in [0, 0.1) is 5.92 Å². The second kappa shape index (κ2) is 5.87. The number of likely N-dealkylation sites (tertiary alicyclic amines) is 1. The van der Waals surface area contributed by atoms with E-state index in [9.17, 15) is 9.59 Å². The van der Waals surface area contributed by atoms with Crippen molar-refractivity contribution >= 4 is 11.9 Å². The van der Waals surface area contributed by atoms with Gasteiger partial charge in [-0.3, -0.25) is 9.59 Å². The van der Waals surface area contributed by atoms with Gasteiger partial charge in [0.25, 0.3) is 0 Å². The largest absolute Gasteiger partial charge is 0.481 e. The van der Waals surface area contributed by atoms with Crippen LogP contribution in [0.1, 0.15) is 31.2 Å². The Hall–Kier alpha value is -1.84. The lowest BCUT2D eigenvalue weighted by Crippen LogP contribution is -2.43. The van der Waals surface area contributed by atoms with Gasteiger partial charge >= 0.3 is 5.97 Å². The van der Waals surface area contributed by atoms with E-state index in [1.54, 1.807) is 4.90 Å². The number of piperidine rings is 1. The van der Waals surface area contributed by atoms with E-state index in [1.807, 2.05) is 37.3 Å². The minimum Gasteiger partial charge on any atom is -0.481 e. The molecule has 2 unspecified atom stereocenters. The molecule has 0 saturated carbocycles. The monoisotopic (exact) mass is 261 g/mol. The molecule has 2 rings (SSSR count). The minimum atomic E-state index is -0.801. The number of aliphatic carboxylic acids is 1. The normalized spacial score (nSPS) is 20.9. The first-order valence-electron chi connectivity index (χ1n) is 6.66. The first kappa shape index (κ1) is 13.6. The Morgan fingerprint density at radius 3 is 2.63 bits per heavy atom. The zero-order chi connectivity index (χ0) is 13.8. The number of hydrogen-bond donors (Lipinski definition) is 1. The summed E-state index contributed by atoms with van der Waals surface area (Å²) in [7, 11) is 0. The Kier molecular flexibility index (Phi) is 4.20. The van der Waals surface area contributed by atoms with Gasteiger partial charge in [-0.05, 0) is 25.3 Å². The summed E-state index contributed by atoms with van der Waals surface area (Å²) in [6, 6.07) is 9.61. The zero-order valence-electron chi connectivity index (χ0n) is 11.1. The third kappa shape index (κ3) is 3.13. The summed E-state index contributed by atoms with van der Waals surface area (Å²) in [6.07, 6.45) is 1.43. The molecule has 0 radical (unpaired) electrons. The van der Waals surface area contributed by atoms with Crippen molar-refractivity contribution in [3.8, 4) is 0 Å². The number of amides is 1. The average Bonchev–Trinajstić information content (AvgIpc) is 2.46. The molecule has 0 aliphatic carbocycles. The Morgan fingerprint density at radius 2 is 2.00 bits per heavy atom. The van der Waals surface area contributed by atoms with Gasteiger partial charge in [0.1, 0.15) is 0 Å². The van der Waals surface area contributed by atoms with Crippen LogP contribution in [0.5, 0.6) is 0 Å². The maximum absolute atomic E-state index is 12.4. The summed E-state index contributed by atoms with van der Waals surface area (Å²) in [4.78, 5) is 25.1. The van der Waals surface area contributed by atoms with Crippen LogP contribution in [0.2, 0.25) is 0 Å². The summed E-state index contributed by atoms with van der Waals surface area (Å²) in [5, 5.41) is 9.06. The van der Waals surface area contributed by atoms with Crippen molar-refractivity contribution in [3.63, 3.8) is 0 Å². The molecular weight excluding hydrogens is 242 g/mol. The maximum Gasteiger partial charge on any atom is 0.308 e. The van der Waals surface area contributed by atoms with E-state index in [0.717, 1.165) is 12.0 Å². The summed E-state index contributed by atoms with van der Waals surface area (Å²) in [6.45, 7) is 2.88. The van der Waals surface area contributed by atoms with E-state index in [4.69, 9.17) is 5.11 Å². The van der Waals surface area contributed by atoms with Crippen LogP contribution < -0.4 is 0 Å². The van der Waals surface area contributed by atoms with E-state index in [2.05, 4.69) is 0 Å². The molecular formula is C15H19NO3. The van der Waals surface area contributed by atoms with Gasteiger partial charge in [0.05, 0.1) is 11.8 Å². The molecule has 0 bridgehead atoms. The predicted molar refractivity (Wildman–Crippen MR) is 71.8 cm³/mol. The first-order valence-corrected chi connectivity index (χ1v) is 6.66. The predicted octanol–water partition coefficient (Wildman–Crippen LogP) is 2.11. The van der Waals surface area contributed by atoms with E-state index in [1.165, 1.54) is 0 Å². The third-order valence-corrected chi connectivity index (χ3v) is 3.75. The molecule has 1 aromatic carbocycles. The van der Waals surface area contributed by atoms with Crippen LogP contribution in [0.15, 0.2) is 30.3 Å². The van der Waals surface area contributed by atoms with Crippen LogP contribution in [0.3, 0.4) is 0 Å². The van der Waals surface area contributed by atoms with Gasteiger partial charge in [0.2, 0.25) is 5.91 Å². The molecule has 4 nitrogen and oxygen atoms in total. The molecule has 4 heteroatoms. The number of benzene rings is 1. The Balaban J connectivity index is 2.05. The molecule has 1 amide bonds. The van der Waals surface area contributed by atoms with Gasteiger partial charge in [-0.2, -0.15) is 0 Å². The molecule has 102 valence electrons. The third-order valence-electron chi connectivity index (χ3n) is 3.75. The number of carbonyl (C=O) groups excluding carboxylic acids is 1. The Bertz CT molecular complexity index is 458. The zero-order valence-corrected chi connectivity index (χ0v) is 11.1. The molecule has 0 spiro atoms. The van der Waals surface area contributed by atoms with Gasteiger partial charge in [-0.1, -0.05) is 30.3 Å². The summed E-state index contributed by atoms with van der Waals surface area (Å²) in [5.74, 6) is -1.41. The van der Waals surface area contributed by atoms with Crippen LogP contribution in [0.4, 0.5) is 0 Å². The van der Waals surface area contributed by atoms with Gasteiger partial charge in [-0.15, -0.1) is 0 Å². The number of carboxylic acid groups (broad SMARTS) is 1. The van der Waals surface area contributed by atoms with E-state index in [-0.39, 0.29) is 11.8 Å². The maximum atomic E-state index is 12.4. The van der Waals surface area contributed by atoms with Gasteiger partial charge in [-0.25, -0.2) is 0 Å². The van der Waals surface area contributed by atoms with Crippen LogP contribution in [-0.4, -0.2) is 35.0 Å². The van der Waals surface area contributed by atoms with E-state index < -0.39 is 11.9 Å². The number of nitrogens with zero attached hydrogens (tertiary/aromatic N) is 1. The van der Waals surface area contributed by atoms with Gasteiger partial charge < -0.3 is 10.0 Å². The van der Waals surface area contributed by atoms with Crippen molar-refractivity contribution in [2.45, 2.75) is 25.7 Å². The van der Waals surface area contributed by atoms with Crippen molar-refractivity contribution < 1.29 is 14.7 Å². The molecule has 1 aromatic rings. The fourth-order valence-electron chi connectivity index (χ4n) is 2.54. The lowest BCUT2D eigenvalue weighted by atomic mass is 9.94. The molecule has 1 aliphatic rings. The van der Waals surface area contributed by atoms with Crippen molar-refractivity contribution in [2.75, 3.05) is 13.1 Å². The molecule has 2 atom stereocenters. The Morgan fingerprint density at radius 1 is 1.32 bits per heavy atom. The standard InChI is InChI=1S/C15H19NO3/c1-11(12-6-3-2-4-7-12)14(17)16-9-5-8-13(10-16)15(18)19/h2-4,6-7,11,13H,5,8-10H2,1H3,(H,18,19). The van der Waals surface area contributed by atoms with Crippen LogP contribution in [0.25, 0.3) is 0 Å². The highest BCUT2D eigenvalue weighted by atomic mass is 16.4. The molecule has 1 fully saturated rings. The fourth-order valence-corrected chi connectivity index (χ4v) is 2.54. The number of carbonyl (C=O) groups is 2. The second-order valence-electron chi connectivity index (χ2n) is 5.09. The summed E-state index contributed by atoms with van der Waals surface area (Å²) >= 11 is 0. The van der Waals surface area contributed by atoms with E-state index in [0.29, 0.717) is 19.5 Å². The second-order valence-corrected chi connectivity index (χ2v) is 5.09. The average molecular weight is 261 g/mol. The van der Waals surface area contributed by atoms with Crippen LogP contribution in [-0.2, 0) is 9.59 Å². The van der Waals surface area contributed by atoms with Crippen molar-refractivity contribution in [2.24, 2.45) is 5.92 Å².